The van der Waals surface area contributed by atoms with Gasteiger partial charge in [-0.2, -0.15) is 0 Å². The molecular weight excluding hydrogens is 316 g/mol. The largest absolute Gasteiger partial charge is 0.344 e. The lowest BCUT2D eigenvalue weighted by Crippen LogP contribution is -2.52. The topological polar surface area (TPSA) is 49.4 Å². The van der Waals surface area contributed by atoms with Gasteiger partial charge in [-0.15, -0.1) is 22.7 Å². The highest BCUT2D eigenvalue weighted by molar-refractivity contribution is 7.37. The number of nitrogens with one attached hydrogen (secondary N) is 1. The average molecular weight is 336 g/mol. The lowest BCUT2D eigenvalue weighted by Gasteiger charge is -2.31. The minimum atomic E-state index is -0.348. The molecule has 1 saturated heterocycles. The van der Waals surface area contributed by atoms with Crippen molar-refractivity contribution in [3.8, 4) is 0 Å². The van der Waals surface area contributed by atoms with Crippen LogP contribution in [0.4, 0.5) is 0 Å². The molecule has 3 rings (SSSR count). The van der Waals surface area contributed by atoms with Gasteiger partial charge in [-0.3, -0.25) is 9.59 Å². The van der Waals surface area contributed by atoms with Crippen molar-refractivity contribution in [2.24, 2.45) is 0 Å². The number of aryl methyl sites for hydroxylation is 1. The molecule has 6 heteroatoms. The summed E-state index contributed by atoms with van der Waals surface area (Å²) in [6.07, 6.45) is 2.06. The monoisotopic (exact) mass is 336 g/mol. The summed E-state index contributed by atoms with van der Waals surface area (Å²) in [5.41, 5.74) is 1.07. The van der Waals surface area contributed by atoms with Gasteiger partial charge >= 0.3 is 0 Å². The number of likely N-dealkylation sites (tertiary alicyclic amines) is 1. The Balaban J connectivity index is 1.66. The van der Waals surface area contributed by atoms with Crippen molar-refractivity contribution in [2.75, 3.05) is 13.1 Å². The fraction of sp³-hybridized carbons (Fsp3) is 0.500. The summed E-state index contributed by atoms with van der Waals surface area (Å²) in [7, 11) is 0. The molecule has 4 nitrogen and oxygen atoms in total. The highest BCUT2D eigenvalue weighted by atomic mass is 32.2. The Morgan fingerprint density at radius 2 is 2.32 bits per heavy atom. The standard InChI is InChI=1S/C16H20N2O2S2/c1-3-18-6-4-5-13(15(18)20)17-14(19)8-11-9-21-16-12(11)7-10(2)22-16/h7,9,13H,3-6,8H2,1-2H3,(H,17,19). The van der Waals surface area contributed by atoms with E-state index in [2.05, 4.69) is 23.7 Å². The average Bonchev–Trinajstić information content (AvgIpc) is 3.02. The Hall–Kier alpha value is -1.40. The number of carbonyl (C=O) groups is 2. The first-order valence-corrected chi connectivity index (χ1v) is 9.32. The van der Waals surface area contributed by atoms with Crippen LogP contribution >= 0.6 is 22.7 Å². The molecule has 1 unspecified atom stereocenters. The van der Waals surface area contributed by atoms with Crippen LogP contribution in [0.15, 0.2) is 11.4 Å². The van der Waals surface area contributed by atoms with E-state index in [1.54, 1.807) is 22.7 Å². The summed E-state index contributed by atoms with van der Waals surface area (Å²) >= 11 is 3.46. The molecule has 2 aromatic rings. The second kappa shape index (κ2) is 6.38. The van der Waals surface area contributed by atoms with Crippen LogP contribution in [0.2, 0.25) is 0 Å². The first kappa shape index (κ1) is 15.5. The Labute approximate surface area is 138 Å². The summed E-state index contributed by atoms with van der Waals surface area (Å²) < 4.78 is 1.27. The quantitative estimate of drug-likeness (QED) is 0.933. The van der Waals surface area contributed by atoms with E-state index < -0.39 is 0 Å². The number of rotatable bonds is 4. The molecule has 1 atom stereocenters. The van der Waals surface area contributed by atoms with Gasteiger partial charge in [-0.1, -0.05) is 0 Å². The van der Waals surface area contributed by atoms with Gasteiger partial charge in [0, 0.05) is 23.4 Å². The molecule has 2 amide bonds. The van der Waals surface area contributed by atoms with Gasteiger partial charge in [0.2, 0.25) is 11.8 Å². The molecule has 118 valence electrons. The first-order valence-electron chi connectivity index (χ1n) is 7.63. The number of piperidine rings is 1. The Bertz CT molecular complexity index is 704. The van der Waals surface area contributed by atoms with Crippen molar-refractivity contribution < 1.29 is 9.59 Å². The van der Waals surface area contributed by atoms with Crippen LogP contribution in [-0.4, -0.2) is 35.8 Å². The molecule has 0 spiro atoms. The Kier molecular flexibility index (Phi) is 4.49. The summed E-state index contributed by atoms with van der Waals surface area (Å²) in [6, 6.07) is 1.79. The maximum absolute atomic E-state index is 12.3. The van der Waals surface area contributed by atoms with Crippen molar-refractivity contribution >= 4 is 43.9 Å². The maximum atomic E-state index is 12.3. The van der Waals surface area contributed by atoms with E-state index in [0.29, 0.717) is 13.0 Å². The molecule has 1 fully saturated rings. The van der Waals surface area contributed by atoms with E-state index in [4.69, 9.17) is 0 Å². The number of hydrogen-bond donors (Lipinski definition) is 1. The van der Waals surface area contributed by atoms with E-state index in [1.807, 2.05) is 11.8 Å². The lowest BCUT2D eigenvalue weighted by molar-refractivity contribution is -0.138. The van der Waals surface area contributed by atoms with Crippen LogP contribution in [0.5, 0.6) is 0 Å². The van der Waals surface area contributed by atoms with Crippen LogP contribution in [0.25, 0.3) is 9.40 Å². The highest BCUT2D eigenvalue weighted by Crippen LogP contribution is 2.33. The fourth-order valence-electron chi connectivity index (χ4n) is 2.94. The molecule has 0 aromatic carbocycles. The molecule has 1 aliphatic heterocycles. The summed E-state index contributed by atoms with van der Waals surface area (Å²) in [5.74, 6) is 0.00352. The van der Waals surface area contributed by atoms with Crippen molar-refractivity contribution in [1.82, 2.24) is 10.2 Å². The van der Waals surface area contributed by atoms with Crippen molar-refractivity contribution in [2.45, 2.75) is 39.2 Å². The molecule has 1 aliphatic rings. The third kappa shape index (κ3) is 3.03. The number of hydrogen-bond acceptors (Lipinski definition) is 4. The van der Waals surface area contributed by atoms with Crippen molar-refractivity contribution in [1.29, 1.82) is 0 Å². The summed E-state index contributed by atoms with van der Waals surface area (Å²) in [6.45, 7) is 5.58. The lowest BCUT2D eigenvalue weighted by atomic mass is 10.0. The van der Waals surface area contributed by atoms with Crippen LogP contribution in [0.3, 0.4) is 0 Å². The van der Waals surface area contributed by atoms with Gasteiger partial charge in [-0.05, 0) is 43.7 Å². The maximum Gasteiger partial charge on any atom is 0.245 e. The van der Waals surface area contributed by atoms with Gasteiger partial charge < -0.3 is 10.2 Å². The SMILES string of the molecule is CCN1CCCC(NC(=O)Cc2csc3sc(C)cc23)C1=O. The van der Waals surface area contributed by atoms with Crippen molar-refractivity contribution in [3.63, 3.8) is 0 Å². The van der Waals surface area contributed by atoms with Gasteiger partial charge in [-0.25, -0.2) is 0 Å². The highest BCUT2D eigenvalue weighted by Gasteiger charge is 2.28. The van der Waals surface area contributed by atoms with E-state index in [0.717, 1.165) is 24.9 Å². The zero-order valence-corrected chi connectivity index (χ0v) is 14.5. The molecule has 0 bridgehead atoms. The van der Waals surface area contributed by atoms with Crippen LogP contribution < -0.4 is 5.32 Å². The van der Waals surface area contributed by atoms with E-state index in [-0.39, 0.29) is 17.9 Å². The molecule has 2 aromatic heterocycles. The predicted molar refractivity (Wildman–Crippen MR) is 91.6 cm³/mol. The van der Waals surface area contributed by atoms with Crippen LogP contribution in [0.1, 0.15) is 30.2 Å². The van der Waals surface area contributed by atoms with Gasteiger partial charge in [0.15, 0.2) is 0 Å². The zero-order chi connectivity index (χ0) is 15.7. The number of nitrogens with zero attached hydrogens (tertiary/aromatic N) is 1. The van der Waals surface area contributed by atoms with Crippen molar-refractivity contribution in [3.05, 3.63) is 21.9 Å². The van der Waals surface area contributed by atoms with Crippen LogP contribution in [-0.2, 0) is 16.0 Å². The van der Waals surface area contributed by atoms with Gasteiger partial charge in [0.05, 0.1) is 10.4 Å². The third-order valence-corrected chi connectivity index (χ3v) is 6.29. The number of likely N-dealkylation sites (N-methyl/N-ethyl adjacent to an activating group) is 1. The second-order valence-corrected chi connectivity index (χ2v) is 8.07. The van der Waals surface area contributed by atoms with Crippen LogP contribution in [0, 0.1) is 6.92 Å². The predicted octanol–water partition coefficient (Wildman–Crippen LogP) is 2.94. The Morgan fingerprint density at radius 3 is 3.09 bits per heavy atom. The minimum absolute atomic E-state index is 0.0557. The number of thiophene rings is 2. The molecule has 0 aliphatic carbocycles. The summed E-state index contributed by atoms with van der Waals surface area (Å²) in [4.78, 5) is 27.6. The number of carbonyl (C=O) groups excluding carboxylic acids is 2. The normalized spacial score (nSPS) is 18.9. The number of amides is 2. The molecule has 0 saturated carbocycles. The number of fused-ring (bicyclic) bond motifs is 1. The molecular formula is C16H20N2O2S2. The second-order valence-electron chi connectivity index (χ2n) is 5.68. The summed E-state index contributed by atoms with van der Waals surface area (Å²) in [5, 5.41) is 6.17. The zero-order valence-electron chi connectivity index (χ0n) is 12.8. The molecule has 22 heavy (non-hydrogen) atoms. The first-order chi connectivity index (χ1) is 10.6. The third-order valence-electron chi connectivity index (χ3n) is 4.07. The van der Waals surface area contributed by atoms with E-state index >= 15 is 0 Å². The van der Waals surface area contributed by atoms with Gasteiger partial charge in [0.1, 0.15) is 6.04 Å². The minimum Gasteiger partial charge on any atom is -0.344 e. The molecule has 3 heterocycles. The van der Waals surface area contributed by atoms with E-state index in [9.17, 15) is 9.59 Å². The van der Waals surface area contributed by atoms with Gasteiger partial charge in [0.25, 0.3) is 0 Å². The molecule has 1 N–H and O–H groups in total. The fourth-order valence-corrected chi connectivity index (χ4v) is 5.21. The molecule has 0 radical (unpaired) electrons. The Morgan fingerprint density at radius 1 is 1.50 bits per heavy atom. The van der Waals surface area contributed by atoms with E-state index in [1.165, 1.54) is 14.3 Å². The smallest absolute Gasteiger partial charge is 0.245 e.